The summed E-state index contributed by atoms with van der Waals surface area (Å²) >= 11 is 0. The maximum absolute atomic E-state index is 12.3. The van der Waals surface area contributed by atoms with Crippen LogP contribution in [0, 0.1) is 5.92 Å². The molecule has 2 fully saturated rings. The molecular formula is C18H26N4O. The molecule has 1 aromatic carbocycles. The van der Waals surface area contributed by atoms with E-state index in [4.69, 9.17) is 5.73 Å². The highest BCUT2D eigenvalue weighted by molar-refractivity contribution is 5.92. The summed E-state index contributed by atoms with van der Waals surface area (Å²) in [6, 6.07) is 8.38. The first-order valence-corrected chi connectivity index (χ1v) is 8.67. The highest BCUT2D eigenvalue weighted by Gasteiger charge is 2.22. The van der Waals surface area contributed by atoms with Crippen LogP contribution in [0.5, 0.6) is 0 Å². The Kier molecular flexibility index (Phi) is 5.16. The largest absolute Gasteiger partial charge is 0.370 e. The van der Waals surface area contributed by atoms with Gasteiger partial charge < -0.3 is 16.4 Å². The monoisotopic (exact) mass is 314 g/mol. The van der Waals surface area contributed by atoms with Crippen LogP contribution in [0.25, 0.3) is 0 Å². The molecule has 0 radical (unpaired) electrons. The summed E-state index contributed by atoms with van der Waals surface area (Å²) in [7, 11) is 0. The van der Waals surface area contributed by atoms with Crippen LogP contribution in [0.15, 0.2) is 29.3 Å². The van der Waals surface area contributed by atoms with Crippen molar-refractivity contribution in [1.82, 2.24) is 5.32 Å². The number of carbonyl (C=O) groups is 1. The molecule has 0 bridgehead atoms. The molecule has 0 aromatic heterocycles. The number of carbonyl (C=O) groups excluding carboxylic acids is 1. The number of nitrogens with two attached hydrogens (primary N) is 1. The predicted molar refractivity (Wildman–Crippen MR) is 93.1 cm³/mol. The normalized spacial score (nSPS) is 19.4. The fraction of sp³-hybridized carbons (Fsp3) is 0.556. The van der Waals surface area contributed by atoms with Crippen LogP contribution < -0.4 is 16.4 Å². The van der Waals surface area contributed by atoms with Crippen LogP contribution in [0.3, 0.4) is 0 Å². The summed E-state index contributed by atoms with van der Waals surface area (Å²) in [5, 5.41) is 6.22. The first-order valence-electron chi connectivity index (χ1n) is 8.67. The maximum Gasteiger partial charge on any atom is 0.227 e. The fourth-order valence-corrected chi connectivity index (χ4v) is 3.02. The lowest BCUT2D eigenvalue weighted by molar-refractivity contribution is -0.120. The SMILES string of the molecule is NC(=NCc1cccc(NC(=O)C2CCCCC2)c1)NC1CC1. The van der Waals surface area contributed by atoms with Crippen molar-refractivity contribution in [1.29, 1.82) is 0 Å². The van der Waals surface area contributed by atoms with Gasteiger partial charge in [-0.15, -0.1) is 0 Å². The Hall–Kier alpha value is -2.04. The van der Waals surface area contributed by atoms with E-state index in [0.29, 0.717) is 18.5 Å². The molecule has 0 unspecified atom stereocenters. The van der Waals surface area contributed by atoms with Crippen LogP contribution in [-0.2, 0) is 11.3 Å². The lowest BCUT2D eigenvalue weighted by atomic mass is 9.88. The molecule has 5 nitrogen and oxygen atoms in total. The molecule has 5 heteroatoms. The van der Waals surface area contributed by atoms with Crippen LogP contribution >= 0.6 is 0 Å². The third kappa shape index (κ3) is 4.98. The third-order valence-electron chi connectivity index (χ3n) is 4.53. The van der Waals surface area contributed by atoms with E-state index in [2.05, 4.69) is 15.6 Å². The molecule has 0 saturated heterocycles. The minimum Gasteiger partial charge on any atom is -0.370 e. The smallest absolute Gasteiger partial charge is 0.227 e. The molecule has 1 amide bonds. The molecule has 0 atom stereocenters. The van der Waals surface area contributed by atoms with Gasteiger partial charge >= 0.3 is 0 Å². The van der Waals surface area contributed by atoms with E-state index in [1.54, 1.807) is 0 Å². The topological polar surface area (TPSA) is 79.5 Å². The summed E-state index contributed by atoms with van der Waals surface area (Å²) in [5.74, 6) is 0.827. The number of amides is 1. The minimum atomic E-state index is 0.153. The van der Waals surface area contributed by atoms with Gasteiger partial charge in [-0.05, 0) is 43.4 Å². The van der Waals surface area contributed by atoms with Gasteiger partial charge in [-0.3, -0.25) is 4.79 Å². The molecule has 2 aliphatic rings. The molecule has 23 heavy (non-hydrogen) atoms. The van der Waals surface area contributed by atoms with Gasteiger partial charge in [0.05, 0.1) is 6.54 Å². The first kappa shape index (κ1) is 15.8. The van der Waals surface area contributed by atoms with Gasteiger partial charge in [0.1, 0.15) is 0 Å². The maximum atomic E-state index is 12.3. The van der Waals surface area contributed by atoms with Crippen molar-refractivity contribution in [3.63, 3.8) is 0 Å². The zero-order chi connectivity index (χ0) is 16.1. The van der Waals surface area contributed by atoms with Gasteiger partial charge in [0.15, 0.2) is 5.96 Å². The average Bonchev–Trinajstić information content (AvgIpc) is 3.38. The van der Waals surface area contributed by atoms with E-state index in [1.807, 2.05) is 24.3 Å². The predicted octanol–water partition coefficient (Wildman–Crippen LogP) is 2.77. The Morgan fingerprint density at radius 2 is 1.96 bits per heavy atom. The van der Waals surface area contributed by atoms with E-state index in [-0.39, 0.29) is 11.8 Å². The van der Waals surface area contributed by atoms with E-state index < -0.39 is 0 Å². The Labute approximate surface area is 137 Å². The van der Waals surface area contributed by atoms with Crippen LogP contribution in [0.2, 0.25) is 0 Å². The zero-order valence-corrected chi connectivity index (χ0v) is 13.6. The van der Waals surface area contributed by atoms with Gasteiger partial charge in [0.2, 0.25) is 5.91 Å². The Morgan fingerprint density at radius 1 is 1.17 bits per heavy atom. The Balaban J connectivity index is 1.54. The molecule has 0 aliphatic heterocycles. The van der Waals surface area contributed by atoms with Crippen molar-refractivity contribution in [3.8, 4) is 0 Å². The minimum absolute atomic E-state index is 0.153. The van der Waals surface area contributed by atoms with E-state index in [0.717, 1.165) is 24.1 Å². The molecule has 0 heterocycles. The number of guanidine groups is 1. The Morgan fingerprint density at radius 3 is 2.70 bits per heavy atom. The Bertz CT molecular complexity index is 574. The molecule has 124 valence electrons. The van der Waals surface area contributed by atoms with Gasteiger partial charge in [0.25, 0.3) is 0 Å². The van der Waals surface area contributed by atoms with Gasteiger partial charge in [0, 0.05) is 17.6 Å². The number of aliphatic imine (C=N–C) groups is 1. The van der Waals surface area contributed by atoms with Crippen molar-refractivity contribution in [3.05, 3.63) is 29.8 Å². The molecular weight excluding hydrogens is 288 g/mol. The molecule has 3 rings (SSSR count). The highest BCUT2D eigenvalue weighted by Crippen LogP contribution is 2.25. The third-order valence-corrected chi connectivity index (χ3v) is 4.53. The van der Waals surface area contributed by atoms with E-state index >= 15 is 0 Å². The summed E-state index contributed by atoms with van der Waals surface area (Å²) in [6.07, 6.45) is 7.98. The first-order chi connectivity index (χ1) is 11.2. The van der Waals surface area contributed by atoms with Gasteiger partial charge in [-0.25, -0.2) is 4.99 Å². The lowest BCUT2D eigenvalue weighted by Crippen LogP contribution is -2.33. The van der Waals surface area contributed by atoms with Gasteiger partial charge in [-0.2, -0.15) is 0 Å². The van der Waals surface area contributed by atoms with E-state index in [9.17, 15) is 4.79 Å². The number of nitrogens with zero attached hydrogens (tertiary/aromatic N) is 1. The number of hydrogen-bond acceptors (Lipinski definition) is 2. The summed E-state index contributed by atoms with van der Waals surface area (Å²) in [4.78, 5) is 16.7. The fourth-order valence-electron chi connectivity index (χ4n) is 3.02. The van der Waals surface area contributed by atoms with Crippen molar-refractivity contribution >= 4 is 17.6 Å². The average molecular weight is 314 g/mol. The number of anilines is 1. The van der Waals surface area contributed by atoms with Crippen molar-refractivity contribution < 1.29 is 4.79 Å². The van der Waals surface area contributed by atoms with Crippen LogP contribution in [-0.4, -0.2) is 17.9 Å². The molecule has 2 saturated carbocycles. The summed E-state index contributed by atoms with van der Waals surface area (Å²) in [6.45, 7) is 0.526. The lowest BCUT2D eigenvalue weighted by Gasteiger charge is -2.20. The van der Waals surface area contributed by atoms with Gasteiger partial charge in [-0.1, -0.05) is 31.4 Å². The second-order valence-electron chi connectivity index (χ2n) is 6.64. The molecule has 4 N–H and O–H groups in total. The molecule has 2 aliphatic carbocycles. The van der Waals surface area contributed by atoms with Crippen molar-refractivity contribution in [2.75, 3.05) is 5.32 Å². The van der Waals surface area contributed by atoms with Crippen LogP contribution in [0.1, 0.15) is 50.5 Å². The highest BCUT2D eigenvalue weighted by atomic mass is 16.1. The number of nitrogens with one attached hydrogen (secondary N) is 2. The number of rotatable bonds is 5. The van der Waals surface area contributed by atoms with E-state index in [1.165, 1.54) is 32.1 Å². The standard InChI is InChI=1S/C18H26N4O/c19-18(22-15-9-10-15)20-12-13-5-4-8-16(11-13)21-17(23)14-6-2-1-3-7-14/h4-5,8,11,14-15H,1-3,6-7,9-10,12H2,(H,21,23)(H3,19,20,22). The summed E-state index contributed by atoms with van der Waals surface area (Å²) in [5.41, 5.74) is 7.75. The molecule has 1 aromatic rings. The summed E-state index contributed by atoms with van der Waals surface area (Å²) < 4.78 is 0. The van der Waals surface area contributed by atoms with Crippen molar-refractivity contribution in [2.24, 2.45) is 16.6 Å². The molecule has 0 spiro atoms. The number of benzene rings is 1. The zero-order valence-electron chi connectivity index (χ0n) is 13.6. The van der Waals surface area contributed by atoms with Crippen LogP contribution in [0.4, 0.5) is 5.69 Å². The quantitative estimate of drug-likeness (QED) is 0.577. The number of hydrogen-bond donors (Lipinski definition) is 3. The van der Waals surface area contributed by atoms with Crippen molar-refractivity contribution in [2.45, 2.75) is 57.5 Å². The second-order valence-corrected chi connectivity index (χ2v) is 6.64. The second kappa shape index (κ2) is 7.49.